The van der Waals surface area contributed by atoms with Crippen molar-refractivity contribution in [2.75, 3.05) is 13.2 Å². The zero-order chi connectivity index (χ0) is 13.0. The van der Waals surface area contributed by atoms with Gasteiger partial charge in [-0.1, -0.05) is 0 Å². The van der Waals surface area contributed by atoms with Gasteiger partial charge >= 0.3 is 0 Å². The maximum Gasteiger partial charge on any atom is 0.157 e. The lowest BCUT2D eigenvalue weighted by Gasteiger charge is -2.02. The van der Waals surface area contributed by atoms with Crippen molar-refractivity contribution in [2.24, 2.45) is 5.73 Å². The molecule has 2 rings (SSSR count). The van der Waals surface area contributed by atoms with Crippen LogP contribution >= 0.6 is 0 Å². The molecular weight excluding hydrogens is 240 g/mol. The highest BCUT2D eigenvalue weighted by molar-refractivity contribution is 5.19. The van der Waals surface area contributed by atoms with Crippen LogP contribution < -0.4 is 10.5 Å². The van der Waals surface area contributed by atoms with Gasteiger partial charge in [0.2, 0.25) is 0 Å². The van der Waals surface area contributed by atoms with Gasteiger partial charge in [0.05, 0.1) is 18.9 Å². The van der Waals surface area contributed by atoms with Crippen molar-refractivity contribution in [1.82, 2.24) is 9.78 Å². The van der Waals surface area contributed by atoms with Crippen molar-refractivity contribution in [1.29, 1.82) is 0 Å². The number of rotatable bonds is 5. The first-order chi connectivity index (χ1) is 8.67. The van der Waals surface area contributed by atoms with E-state index in [9.17, 15) is 8.78 Å². The molecule has 0 aliphatic heterocycles. The second kappa shape index (κ2) is 5.59. The molecule has 2 aromatic rings. The molecule has 18 heavy (non-hydrogen) atoms. The monoisotopic (exact) mass is 253 g/mol. The molecule has 96 valence electrons. The Labute approximate surface area is 103 Å². The van der Waals surface area contributed by atoms with Gasteiger partial charge in [-0.05, 0) is 17.7 Å². The van der Waals surface area contributed by atoms with Crippen LogP contribution in [0.3, 0.4) is 0 Å². The Morgan fingerprint density at radius 1 is 1.22 bits per heavy atom. The van der Waals surface area contributed by atoms with E-state index in [1.165, 1.54) is 18.3 Å². The van der Waals surface area contributed by atoms with E-state index in [1.807, 2.05) is 0 Å². The molecule has 0 bridgehead atoms. The Balaban J connectivity index is 2.06. The molecule has 1 aromatic carbocycles. The molecule has 6 heteroatoms. The molecule has 1 aromatic heterocycles. The van der Waals surface area contributed by atoms with Crippen molar-refractivity contribution in [3.8, 4) is 5.75 Å². The maximum atomic E-state index is 13.0. The first-order valence-electron chi connectivity index (χ1n) is 5.47. The summed E-state index contributed by atoms with van der Waals surface area (Å²) in [7, 11) is 0. The van der Waals surface area contributed by atoms with Crippen LogP contribution in [0.25, 0.3) is 0 Å². The summed E-state index contributed by atoms with van der Waals surface area (Å²) in [6.07, 6.45) is 3.18. The van der Waals surface area contributed by atoms with Crippen LogP contribution in [0, 0.1) is 11.6 Å². The molecular formula is C12H13F2N3O. The van der Waals surface area contributed by atoms with Crippen molar-refractivity contribution >= 4 is 0 Å². The highest BCUT2D eigenvalue weighted by atomic mass is 19.1. The maximum absolute atomic E-state index is 13.0. The van der Waals surface area contributed by atoms with E-state index in [1.54, 1.807) is 10.9 Å². The summed E-state index contributed by atoms with van der Waals surface area (Å²) in [5, 5.41) is 4.03. The summed E-state index contributed by atoms with van der Waals surface area (Å²) in [6.45, 7) is 1.10. The van der Waals surface area contributed by atoms with Gasteiger partial charge in [0.15, 0.2) is 5.75 Å². The first-order valence-corrected chi connectivity index (χ1v) is 5.47. The third-order valence-corrected chi connectivity index (χ3v) is 2.26. The average molecular weight is 253 g/mol. The minimum atomic E-state index is -0.600. The Hall–Kier alpha value is -1.95. The first kappa shape index (κ1) is 12.5. The molecule has 0 aliphatic carbocycles. The van der Waals surface area contributed by atoms with Crippen LogP contribution in [0.5, 0.6) is 5.75 Å². The van der Waals surface area contributed by atoms with Crippen LogP contribution in [-0.2, 0) is 6.54 Å². The Bertz CT molecular complexity index is 508. The van der Waals surface area contributed by atoms with Gasteiger partial charge in [-0.15, -0.1) is 0 Å². The lowest BCUT2D eigenvalue weighted by molar-refractivity contribution is 0.328. The fourth-order valence-corrected chi connectivity index (χ4v) is 1.57. The van der Waals surface area contributed by atoms with Crippen LogP contribution in [0.15, 0.2) is 30.6 Å². The minimum Gasteiger partial charge on any atom is -0.489 e. The van der Waals surface area contributed by atoms with Crippen LogP contribution in [0.1, 0.15) is 5.56 Å². The number of nitrogens with two attached hydrogens (primary N) is 1. The molecule has 0 amide bonds. The van der Waals surface area contributed by atoms with Crippen molar-refractivity contribution in [3.63, 3.8) is 0 Å². The molecule has 0 atom stereocenters. The van der Waals surface area contributed by atoms with Crippen LogP contribution in [0.4, 0.5) is 8.78 Å². The highest BCUT2D eigenvalue weighted by Gasteiger charge is 2.03. The normalized spacial score (nSPS) is 10.6. The quantitative estimate of drug-likeness (QED) is 0.879. The van der Waals surface area contributed by atoms with Gasteiger partial charge in [-0.25, -0.2) is 8.78 Å². The molecule has 0 unspecified atom stereocenters. The standard InChI is InChI=1S/C12H13F2N3O/c13-10-3-9(4-11(14)5-10)7-17-8-12(6-16-17)18-2-1-15/h3-6,8H,1-2,7,15H2. The molecule has 0 saturated heterocycles. The third-order valence-electron chi connectivity index (χ3n) is 2.26. The summed E-state index contributed by atoms with van der Waals surface area (Å²) in [5.74, 6) is -0.620. The van der Waals surface area contributed by atoms with E-state index in [0.29, 0.717) is 24.5 Å². The van der Waals surface area contributed by atoms with Crippen molar-refractivity contribution in [3.05, 3.63) is 47.8 Å². The Morgan fingerprint density at radius 3 is 2.61 bits per heavy atom. The van der Waals surface area contributed by atoms with E-state index >= 15 is 0 Å². The van der Waals surface area contributed by atoms with Crippen LogP contribution in [0.2, 0.25) is 0 Å². The molecule has 0 spiro atoms. The molecule has 2 N–H and O–H groups in total. The van der Waals surface area contributed by atoms with Crippen molar-refractivity contribution < 1.29 is 13.5 Å². The topological polar surface area (TPSA) is 53.1 Å². The predicted octanol–water partition coefficient (Wildman–Crippen LogP) is 1.55. The predicted molar refractivity (Wildman–Crippen MR) is 62.2 cm³/mol. The summed E-state index contributed by atoms with van der Waals surface area (Å²) in [5.41, 5.74) is 5.81. The van der Waals surface area contributed by atoms with Gasteiger partial charge < -0.3 is 10.5 Å². The van der Waals surface area contributed by atoms with E-state index in [-0.39, 0.29) is 6.54 Å². The molecule has 0 radical (unpaired) electrons. The van der Waals surface area contributed by atoms with Gasteiger partial charge in [-0.2, -0.15) is 5.10 Å². The summed E-state index contributed by atoms with van der Waals surface area (Å²) >= 11 is 0. The van der Waals surface area contributed by atoms with E-state index < -0.39 is 11.6 Å². The summed E-state index contributed by atoms with van der Waals surface area (Å²) in [4.78, 5) is 0. The van der Waals surface area contributed by atoms with Gasteiger partial charge in [0.25, 0.3) is 0 Å². The number of halogens is 2. The van der Waals surface area contributed by atoms with E-state index in [4.69, 9.17) is 10.5 Å². The smallest absolute Gasteiger partial charge is 0.157 e. The number of ether oxygens (including phenoxy) is 1. The fraction of sp³-hybridized carbons (Fsp3) is 0.250. The van der Waals surface area contributed by atoms with E-state index in [2.05, 4.69) is 5.10 Å². The second-order valence-electron chi connectivity index (χ2n) is 3.79. The number of nitrogens with zero attached hydrogens (tertiary/aromatic N) is 2. The number of aromatic nitrogens is 2. The molecule has 1 heterocycles. The average Bonchev–Trinajstić information content (AvgIpc) is 2.72. The van der Waals surface area contributed by atoms with E-state index in [0.717, 1.165) is 6.07 Å². The minimum absolute atomic E-state index is 0.278. The molecule has 4 nitrogen and oxygen atoms in total. The molecule has 0 aliphatic rings. The fourth-order valence-electron chi connectivity index (χ4n) is 1.57. The number of hydrogen-bond donors (Lipinski definition) is 1. The third kappa shape index (κ3) is 3.27. The largest absolute Gasteiger partial charge is 0.489 e. The zero-order valence-electron chi connectivity index (χ0n) is 9.64. The van der Waals surface area contributed by atoms with Crippen molar-refractivity contribution in [2.45, 2.75) is 6.54 Å². The molecule has 0 saturated carbocycles. The zero-order valence-corrected chi connectivity index (χ0v) is 9.64. The van der Waals surface area contributed by atoms with Gasteiger partial charge in [-0.3, -0.25) is 4.68 Å². The summed E-state index contributed by atoms with van der Waals surface area (Å²) in [6, 6.07) is 3.37. The van der Waals surface area contributed by atoms with Crippen LogP contribution in [-0.4, -0.2) is 22.9 Å². The Kier molecular flexibility index (Phi) is 3.88. The summed E-state index contributed by atoms with van der Waals surface area (Å²) < 4.78 is 32.8. The van der Waals surface area contributed by atoms with Gasteiger partial charge in [0, 0.05) is 12.6 Å². The SMILES string of the molecule is NCCOc1cnn(Cc2cc(F)cc(F)c2)c1. The Morgan fingerprint density at radius 2 is 1.94 bits per heavy atom. The lowest BCUT2D eigenvalue weighted by Crippen LogP contribution is -2.10. The van der Waals surface area contributed by atoms with Gasteiger partial charge in [0.1, 0.15) is 18.2 Å². The second-order valence-corrected chi connectivity index (χ2v) is 3.79. The molecule has 0 fully saturated rings. The lowest BCUT2D eigenvalue weighted by atomic mass is 10.2. The number of hydrogen-bond acceptors (Lipinski definition) is 3. The highest BCUT2D eigenvalue weighted by Crippen LogP contribution is 2.12. The number of benzene rings is 1.